The van der Waals surface area contributed by atoms with Crippen LogP contribution in [-0.4, -0.2) is 0 Å². The van der Waals surface area contributed by atoms with E-state index in [0.29, 0.717) is 6.42 Å². The molecular weight excluding hydrogens is 188 g/mol. The molecule has 0 aliphatic rings. The maximum absolute atomic E-state index is 8.85. The standard InChI is InChI=1S/C11H12N4/c1-2-3-4-5-10(6-12)11(7-13,8-14)9-15/h10H,2-5H2,1H3. The van der Waals surface area contributed by atoms with Gasteiger partial charge in [0.05, 0.1) is 12.0 Å². The third kappa shape index (κ3) is 2.98. The summed E-state index contributed by atoms with van der Waals surface area (Å²) in [5.74, 6) is -0.816. The van der Waals surface area contributed by atoms with Gasteiger partial charge >= 0.3 is 0 Å². The van der Waals surface area contributed by atoms with Crippen LogP contribution in [0.25, 0.3) is 0 Å². The first kappa shape index (κ1) is 13.0. The summed E-state index contributed by atoms with van der Waals surface area (Å²) in [6, 6.07) is 6.83. The number of unbranched alkanes of at least 4 members (excludes halogenated alkanes) is 2. The average Bonchev–Trinajstić information content (AvgIpc) is 2.29. The molecule has 0 aromatic rings. The zero-order chi connectivity index (χ0) is 11.7. The second-order valence-electron chi connectivity index (χ2n) is 3.32. The molecule has 0 bridgehead atoms. The van der Waals surface area contributed by atoms with Crippen LogP contribution in [0.4, 0.5) is 0 Å². The Morgan fingerprint density at radius 1 is 1.00 bits per heavy atom. The molecule has 0 heterocycles. The van der Waals surface area contributed by atoms with Crippen molar-refractivity contribution in [3.8, 4) is 24.3 Å². The molecular formula is C11H12N4. The van der Waals surface area contributed by atoms with Crippen molar-refractivity contribution in [2.24, 2.45) is 11.3 Å². The number of hydrogen-bond acceptors (Lipinski definition) is 4. The van der Waals surface area contributed by atoms with Gasteiger partial charge in [0.25, 0.3) is 0 Å². The van der Waals surface area contributed by atoms with E-state index >= 15 is 0 Å². The molecule has 0 aromatic heterocycles. The number of nitrogens with zero attached hydrogens (tertiary/aromatic N) is 4. The number of hydrogen-bond donors (Lipinski definition) is 0. The molecule has 4 heteroatoms. The Kier molecular flexibility index (Phi) is 5.55. The van der Waals surface area contributed by atoms with Crippen molar-refractivity contribution < 1.29 is 0 Å². The van der Waals surface area contributed by atoms with Crippen LogP contribution in [0, 0.1) is 56.7 Å². The second-order valence-corrected chi connectivity index (χ2v) is 3.32. The minimum atomic E-state index is -1.80. The molecule has 0 aromatic carbocycles. The van der Waals surface area contributed by atoms with Gasteiger partial charge in [0.2, 0.25) is 5.41 Å². The molecule has 0 saturated heterocycles. The van der Waals surface area contributed by atoms with Crippen LogP contribution >= 0.6 is 0 Å². The zero-order valence-electron chi connectivity index (χ0n) is 8.69. The van der Waals surface area contributed by atoms with Crippen molar-refractivity contribution in [3.63, 3.8) is 0 Å². The van der Waals surface area contributed by atoms with Gasteiger partial charge in [0.15, 0.2) is 0 Å². The van der Waals surface area contributed by atoms with Gasteiger partial charge < -0.3 is 0 Å². The van der Waals surface area contributed by atoms with E-state index in [1.165, 1.54) is 0 Å². The highest BCUT2D eigenvalue weighted by Gasteiger charge is 2.40. The van der Waals surface area contributed by atoms with Gasteiger partial charge in [-0.1, -0.05) is 26.2 Å². The van der Waals surface area contributed by atoms with E-state index in [1.54, 1.807) is 18.2 Å². The maximum atomic E-state index is 8.85. The summed E-state index contributed by atoms with van der Waals surface area (Å²) in [5, 5.41) is 35.2. The Labute approximate surface area is 90.0 Å². The Hall–Kier alpha value is -2.04. The SMILES string of the molecule is CCCCCC(C#N)C(C#N)(C#N)C#N. The van der Waals surface area contributed by atoms with Crippen molar-refractivity contribution in [1.82, 2.24) is 0 Å². The normalized spacial score (nSPS) is 11.5. The molecule has 15 heavy (non-hydrogen) atoms. The van der Waals surface area contributed by atoms with Crippen LogP contribution in [0.5, 0.6) is 0 Å². The average molecular weight is 200 g/mol. The highest BCUT2D eigenvalue weighted by molar-refractivity contribution is 5.30. The topological polar surface area (TPSA) is 95.2 Å². The van der Waals surface area contributed by atoms with Crippen LogP contribution in [-0.2, 0) is 0 Å². The van der Waals surface area contributed by atoms with Gasteiger partial charge in [-0.05, 0) is 6.42 Å². The van der Waals surface area contributed by atoms with E-state index in [2.05, 4.69) is 0 Å². The lowest BCUT2D eigenvalue weighted by molar-refractivity contribution is 0.434. The second kappa shape index (κ2) is 6.42. The summed E-state index contributed by atoms with van der Waals surface area (Å²) in [6.07, 6.45) is 3.13. The first-order valence-corrected chi connectivity index (χ1v) is 4.84. The quantitative estimate of drug-likeness (QED) is 0.636. The molecule has 0 radical (unpaired) electrons. The lowest BCUT2D eigenvalue weighted by Gasteiger charge is -2.15. The zero-order valence-corrected chi connectivity index (χ0v) is 8.69. The molecule has 1 atom stereocenters. The summed E-state index contributed by atoms with van der Waals surface area (Å²) in [7, 11) is 0. The van der Waals surface area contributed by atoms with Gasteiger partial charge in [-0.3, -0.25) is 0 Å². The van der Waals surface area contributed by atoms with E-state index < -0.39 is 11.3 Å². The summed E-state index contributed by atoms with van der Waals surface area (Å²) in [4.78, 5) is 0. The Bertz CT molecular complexity index is 322. The van der Waals surface area contributed by atoms with Crippen LogP contribution in [0.1, 0.15) is 32.6 Å². The van der Waals surface area contributed by atoms with E-state index in [9.17, 15) is 0 Å². The van der Waals surface area contributed by atoms with Gasteiger partial charge in [0.1, 0.15) is 18.2 Å². The Balaban J connectivity index is 4.69. The van der Waals surface area contributed by atoms with Gasteiger partial charge in [0, 0.05) is 0 Å². The number of rotatable bonds is 5. The third-order valence-corrected chi connectivity index (χ3v) is 2.30. The highest BCUT2D eigenvalue weighted by Crippen LogP contribution is 2.29. The minimum absolute atomic E-state index is 0.430. The van der Waals surface area contributed by atoms with E-state index in [1.807, 2.05) is 13.0 Å². The van der Waals surface area contributed by atoms with E-state index in [4.69, 9.17) is 21.0 Å². The highest BCUT2D eigenvalue weighted by atomic mass is 14.5. The Morgan fingerprint density at radius 3 is 1.87 bits per heavy atom. The molecule has 1 unspecified atom stereocenters. The van der Waals surface area contributed by atoms with Crippen molar-refractivity contribution in [2.75, 3.05) is 0 Å². The molecule has 0 N–H and O–H groups in total. The lowest BCUT2D eigenvalue weighted by atomic mass is 9.77. The molecule has 0 aliphatic heterocycles. The first-order valence-electron chi connectivity index (χ1n) is 4.84. The van der Waals surface area contributed by atoms with Crippen molar-refractivity contribution in [2.45, 2.75) is 32.6 Å². The van der Waals surface area contributed by atoms with Crippen LogP contribution in [0.3, 0.4) is 0 Å². The molecule has 76 valence electrons. The van der Waals surface area contributed by atoms with Crippen LogP contribution in [0.2, 0.25) is 0 Å². The molecule has 0 saturated carbocycles. The summed E-state index contributed by atoms with van der Waals surface area (Å²) in [5.41, 5.74) is -1.80. The van der Waals surface area contributed by atoms with E-state index in [0.717, 1.165) is 19.3 Å². The number of nitriles is 4. The molecule has 4 nitrogen and oxygen atoms in total. The fraction of sp³-hybridized carbons (Fsp3) is 0.636. The first-order chi connectivity index (χ1) is 7.20. The fourth-order valence-corrected chi connectivity index (χ4v) is 1.29. The predicted octanol–water partition coefficient (Wildman–Crippen LogP) is 2.26. The molecule has 0 spiro atoms. The monoisotopic (exact) mass is 200 g/mol. The van der Waals surface area contributed by atoms with Crippen LogP contribution in [0.15, 0.2) is 0 Å². The van der Waals surface area contributed by atoms with Gasteiger partial charge in [-0.15, -0.1) is 0 Å². The van der Waals surface area contributed by atoms with Crippen molar-refractivity contribution in [3.05, 3.63) is 0 Å². The smallest absolute Gasteiger partial charge is 0.198 e. The maximum Gasteiger partial charge on any atom is 0.244 e. The van der Waals surface area contributed by atoms with Gasteiger partial charge in [-0.25, -0.2) is 0 Å². The van der Waals surface area contributed by atoms with Crippen LogP contribution < -0.4 is 0 Å². The summed E-state index contributed by atoms with van der Waals surface area (Å²) < 4.78 is 0. The largest absolute Gasteiger partial charge is 0.244 e. The van der Waals surface area contributed by atoms with Gasteiger partial charge in [-0.2, -0.15) is 21.0 Å². The third-order valence-electron chi connectivity index (χ3n) is 2.30. The molecule has 0 rings (SSSR count). The lowest BCUT2D eigenvalue weighted by Crippen LogP contribution is -2.24. The molecule has 0 aliphatic carbocycles. The molecule has 0 amide bonds. The molecule has 0 fully saturated rings. The van der Waals surface area contributed by atoms with Crippen molar-refractivity contribution >= 4 is 0 Å². The van der Waals surface area contributed by atoms with E-state index in [-0.39, 0.29) is 0 Å². The fourth-order valence-electron chi connectivity index (χ4n) is 1.29. The minimum Gasteiger partial charge on any atom is -0.198 e. The summed E-state index contributed by atoms with van der Waals surface area (Å²) in [6.45, 7) is 2.02. The summed E-state index contributed by atoms with van der Waals surface area (Å²) >= 11 is 0. The predicted molar refractivity (Wildman–Crippen MR) is 52.5 cm³/mol. The van der Waals surface area contributed by atoms with Crippen molar-refractivity contribution in [1.29, 1.82) is 21.0 Å². The Morgan fingerprint density at radius 2 is 1.53 bits per heavy atom.